The van der Waals surface area contributed by atoms with E-state index in [2.05, 4.69) is 31.4 Å². The van der Waals surface area contributed by atoms with Crippen LogP contribution in [0.1, 0.15) is 37.9 Å². The number of amides is 1. The Kier molecular flexibility index (Phi) is 8.52. The van der Waals surface area contributed by atoms with Gasteiger partial charge < -0.3 is 34.9 Å². The second-order valence-corrected chi connectivity index (χ2v) is 14.0. The minimum atomic E-state index is -3.97. The van der Waals surface area contributed by atoms with Crippen molar-refractivity contribution in [2.75, 3.05) is 33.3 Å². The van der Waals surface area contributed by atoms with E-state index in [-0.39, 0.29) is 47.0 Å². The number of benzene rings is 3. The van der Waals surface area contributed by atoms with E-state index in [0.29, 0.717) is 17.2 Å². The molecule has 0 saturated carbocycles. The van der Waals surface area contributed by atoms with E-state index in [1.165, 1.54) is 39.4 Å². The molecule has 0 aliphatic carbocycles. The summed E-state index contributed by atoms with van der Waals surface area (Å²) >= 11 is 0. The molecule has 2 atom stereocenters. The number of para-hydroxylation sites is 1. The lowest BCUT2D eigenvalue weighted by molar-refractivity contribution is -0.134. The second kappa shape index (κ2) is 12.0. The number of nitrogens with one attached hydrogen (secondary N) is 2. The molecule has 234 valence electrons. The fourth-order valence-electron chi connectivity index (χ4n) is 5.30. The zero-order valence-electron chi connectivity index (χ0n) is 25.6. The van der Waals surface area contributed by atoms with Gasteiger partial charge in [-0.2, -0.15) is 0 Å². The molecule has 2 aliphatic heterocycles. The third kappa shape index (κ3) is 5.92. The Balaban J connectivity index is 1.61. The van der Waals surface area contributed by atoms with Gasteiger partial charge in [0.1, 0.15) is 10.6 Å². The molecule has 2 aliphatic rings. The Labute approximate surface area is 258 Å². The Hall–Kier alpha value is -4.26. The van der Waals surface area contributed by atoms with Crippen LogP contribution in [0, 0.1) is 5.41 Å². The van der Waals surface area contributed by atoms with Crippen LogP contribution < -0.4 is 20.1 Å². The van der Waals surface area contributed by atoms with Crippen molar-refractivity contribution in [1.82, 2.24) is 14.5 Å². The number of aromatic hydroxyl groups is 1. The van der Waals surface area contributed by atoms with Crippen molar-refractivity contribution in [1.29, 1.82) is 0 Å². The van der Waals surface area contributed by atoms with Crippen LogP contribution >= 0.6 is 0 Å². The first-order valence-corrected chi connectivity index (χ1v) is 15.6. The first-order chi connectivity index (χ1) is 20.8. The molecule has 0 radical (unpaired) electrons. The Morgan fingerprint density at radius 2 is 1.75 bits per heavy atom. The molecule has 1 unspecified atom stereocenters. The number of hydrogen-bond acceptors (Lipinski definition) is 9. The van der Waals surface area contributed by atoms with E-state index in [1.807, 2.05) is 48.5 Å². The van der Waals surface area contributed by atoms with E-state index in [4.69, 9.17) is 14.2 Å². The lowest BCUT2D eigenvalue weighted by Gasteiger charge is -2.35. The molecular weight excluding hydrogens is 584 g/mol. The van der Waals surface area contributed by atoms with Crippen LogP contribution in [0.5, 0.6) is 17.2 Å². The third-order valence-corrected chi connectivity index (χ3v) is 9.45. The lowest BCUT2D eigenvalue weighted by atomic mass is 9.82. The normalized spacial score (nSPS) is 17.4. The van der Waals surface area contributed by atoms with E-state index in [1.54, 1.807) is 4.90 Å². The summed E-state index contributed by atoms with van der Waals surface area (Å²) < 4.78 is 43.9. The number of carbonyl (C=O) groups excluding carboxylic acids is 1. The summed E-state index contributed by atoms with van der Waals surface area (Å²) in [5.74, 6) is 0.401. The van der Waals surface area contributed by atoms with Gasteiger partial charge in [-0.1, -0.05) is 63.2 Å². The number of fused-ring (bicyclic) bond motifs is 1. The molecule has 2 heterocycles. The SMILES string of the molecule is COC1C(N[C@@H](c2ccc3c(c2)OCO3)C(C)(C)C)=C(Nc2cccc(S(=O)(=O)N(C)C)c2O)C(=O)N1Cc1ccccc1. The molecular formula is C32H38N4O7S. The minimum Gasteiger partial charge on any atom is -0.504 e. The van der Waals surface area contributed by atoms with Crippen molar-refractivity contribution < 1.29 is 32.5 Å². The molecule has 0 spiro atoms. The number of phenolic OH excluding ortho intramolecular Hbond substituents is 1. The quantitative estimate of drug-likeness (QED) is 0.282. The van der Waals surface area contributed by atoms with Gasteiger partial charge in [0.25, 0.3) is 5.91 Å². The molecule has 5 rings (SSSR count). The molecule has 3 N–H and O–H groups in total. The van der Waals surface area contributed by atoms with Crippen LogP contribution in [-0.2, 0) is 26.1 Å². The van der Waals surface area contributed by atoms with Crippen LogP contribution in [0.4, 0.5) is 5.69 Å². The summed E-state index contributed by atoms with van der Waals surface area (Å²) in [6.07, 6.45) is -0.820. The van der Waals surface area contributed by atoms with E-state index in [0.717, 1.165) is 15.4 Å². The van der Waals surface area contributed by atoms with Crippen LogP contribution in [0.15, 0.2) is 83.0 Å². The average Bonchev–Trinajstić information content (AvgIpc) is 3.54. The summed E-state index contributed by atoms with van der Waals surface area (Å²) in [7, 11) is 0.320. The summed E-state index contributed by atoms with van der Waals surface area (Å²) in [5.41, 5.74) is 2.06. The first kappa shape index (κ1) is 31.2. The number of phenols is 1. The van der Waals surface area contributed by atoms with Crippen LogP contribution in [-0.4, -0.2) is 62.9 Å². The molecule has 0 bridgehead atoms. The highest BCUT2D eigenvalue weighted by molar-refractivity contribution is 7.89. The second-order valence-electron chi connectivity index (χ2n) is 11.9. The monoisotopic (exact) mass is 622 g/mol. The van der Waals surface area contributed by atoms with Crippen molar-refractivity contribution in [3.63, 3.8) is 0 Å². The van der Waals surface area contributed by atoms with Crippen molar-refractivity contribution in [3.8, 4) is 17.2 Å². The zero-order chi connectivity index (χ0) is 31.8. The molecule has 3 aromatic rings. The van der Waals surface area contributed by atoms with Crippen molar-refractivity contribution in [2.24, 2.45) is 5.41 Å². The highest BCUT2D eigenvalue weighted by Crippen LogP contribution is 2.42. The van der Waals surface area contributed by atoms with Gasteiger partial charge in [0.15, 0.2) is 23.5 Å². The van der Waals surface area contributed by atoms with Crippen LogP contribution in [0.2, 0.25) is 0 Å². The highest BCUT2D eigenvalue weighted by Gasteiger charge is 2.43. The van der Waals surface area contributed by atoms with Gasteiger partial charge in [0.05, 0.1) is 17.4 Å². The maximum Gasteiger partial charge on any atom is 0.274 e. The zero-order valence-corrected chi connectivity index (χ0v) is 26.4. The summed E-state index contributed by atoms with van der Waals surface area (Å²) in [5, 5.41) is 17.8. The summed E-state index contributed by atoms with van der Waals surface area (Å²) in [6, 6.07) is 19.3. The standard InChI is InChI=1S/C32H38N4O7S/c1-32(2,3)29(21-15-16-23-24(17-21)43-19-42-23)34-27-26(30(38)36(31(27)41-6)18-20-11-8-7-9-12-20)33-22-13-10-14-25(28(22)37)44(39,40)35(4)5/h7-17,29,31,33-34,37H,18-19H2,1-6H3/t29-,31?/m0/s1. The molecule has 1 amide bonds. The van der Waals surface area contributed by atoms with Crippen molar-refractivity contribution in [3.05, 3.63) is 89.3 Å². The Bertz CT molecular complexity index is 1680. The van der Waals surface area contributed by atoms with E-state index < -0.39 is 22.0 Å². The first-order valence-electron chi connectivity index (χ1n) is 14.1. The number of methoxy groups -OCH3 is 1. The smallest absolute Gasteiger partial charge is 0.274 e. The molecule has 11 nitrogen and oxygen atoms in total. The maximum atomic E-state index is 14.2. The van der Waals surface area contributed by atoms with Gasteiger partial charge >= 0.3 is 0 Å². The summed E-state index contributed by atoms with van der Waals surface area (Å²) in [4.78, 5) is 15.5. The number of anilines is 1. The van der Waals surface area contributed by atoms with Crippen molar-refractivity contribution in [2.45, 2.75) is 44.5 Å². The van der Waals surface area contributed by atoms with E-state index >= 15 is 0 Å². The molecule has 0 fully saturated rings. The minimum absolute atomic E-state index is 0.0578. The summed E-state index contributed by atoms with van der Waals surface area (Å²) in [6.45, 7) is 6.62. The predicted molar refractivity (Wildman–Crippen MR) is 165 cm³/mol. The maximum absolute atomic E-state index is 14.2. The fraction of sp³-hybridized carbons (Fsp3) is 0.344. The number of rotatable bonds is 10. The molecule has 44 heavy (non-hydrogen) atoms. The third-order valence-electron chi connectivity index (χ3n) is 7.61. The molecule has 3 aromatic carbocycles. The van der Waals surface area contributed by atoms with Gasteiger partial charge in [-0.15, -0.1) is 0 Å². The number of ether oxygens (including phenoxy) is 3. The average molecular weight is 623 g/mol. The largest absolute Gasteiger partial charge is 0.504 e. The number of hydrogen-bond donors (Lipinski definition) is 3. The predicted octanol–water partition coefficient (Wildman–Crippen LogP) is 4.39. The molecule has 12 heteroatoms. The highest BCUT2D eigenvalue weighted by atomic mass is 32.2. The van der Waals surface area contributed by atoms with Gasteiger partial charge in [-0.25, -0.2) is 12.7 Å². The molecule has 0 aromatic heterocycles. The van der Waals surface area contributed by atoms with Gasteiger partial charge in [0.2, 0.25) is 16.8 Å². The Morgan fingerprint density at radius 1 is 1.05 bits per heavy atom. The molecule has 0 saturated heterocycles. The number of sulfonamides is 1. The van der Waals surface area contributed by atoms with Crippen molar-refractivity contribution >= 4 is 21.6 Å². The van der Waals surface area contributed by atoms with E-state index in [9.17, 15) is 18.3 Å². The number of nitrogens with zero attached hydrogens (tertiary/aromatic N) is 2. The topological polar surface area (TPSA) is 130 Å². The van der Waals surface area contributed by atoms with Crippen LogP contribution in [0.3, 0.4) is 0 Å². The van der Waals surface area contributed by atoms with Gasteiger partial charge in [-0.05, 0) is 40.8 Å². The van der Waals surface area contributed by atoms with Gasteiger partial charge in [0, 0.05) is 27.7 Å². The lowest BCUT2D eigenvalue weighted by Crippen LogP contribution is -2.41. The fourth-order valence-corrected chi connectivity index (χ4v) is 6.30. The van der Waals surface area contributed by atoms with Crippen LogP contribution in [0.25, 0.3) is 0 Å². The number of carbonyl (C=O) groups is 1. The van der Waals surface area contributed by atoms with Gasteiger partial charge in [-0.3, -0.25) is 4.79 Å². The Morgan fingerprint density at radius 3 is 2.41 bits per heavy atom.